The van der Waals surface area contributed by atoms with Gasteiger partial charge in [0.15, 0.2) is 0 Å². The topological polar surface area (TPSA) is 104 Å². The minimum Gasteiger partial charge on any atom is -0.341 e. The molecule has 0 aliphatic carbocycles. The molecule has 2 aromatic rings. The number of hydrogen-bond acceptors (Lipinski definition) is 7. The summed E-state index contributed by atoms with van der Waals surface area (Å²) in [5.74, 6) is 0.870. The lowest BCUT2D eigenvalue weighted by molar-refractivity contribution is -0.125. The second-order valence-electron chi connectivity index (χ2n) is 6.93. The van der Waals surface area contributed by atoms with Crippen molar-refractivity contribution in [3.8, 4) is 11.4 Å². The summed E-state index contributed by atoms with van der Waals surface area (Å²) < 4.78 is 5.40. The molecule has 1 aliphatic rings. The average molecular weight is 386 g/mol. The van der Waals surface area contributed by atoms with E-state index in [1.807, 2.05) is 31.2 Å². The van der Waals surface area contributed by atoms with Gasteiger partial charge in [-0.1, -0.05) is 35.0 Å². The lowest BCUT2D eigenvalue weighted by Crippen LogP contribution is -2.55. The van der Waals surface area contributed by atoms with Gasteiger partial charge in [-0.15, -0.1) is 0 Å². The van der Waals surface area contributed by atoms with Crippen LogP contribution >= 0.6 is 0 Å². The van der Waals surface area contributed by atoms with E-state index in [1.165, 1.54) is 12.6 Å². The molecular weight excluding hydrogens is 360 g/mol. The highest BCUT2D eigenvalue weighted by atomic mass is 16.5. The van der Waals surface area contributed by atoms with Gasteiger partial charge in [-0.2, -0.15) is 4.98 Å². The monoisotopic (exact) mass is 386 g/mol. The number of urea groups is 1. The highest BCUT2D eigenvalue weighted by Gasteiger charge is 2.27. The van der Waals surface area contributed by atoms with Crippen LogP contribution in [-0.2, 0) is 11.3 Å². The minimum absolute atomic E-state index is 0.299. The average Bonchev–Trinajstić information content (AvgIpc) is 3.16. The van der Waals surface area contributed by atoms with E-state index < -0.39 is 6.03 Å². The van der Waals surface area contributed by atoms with E-state index in [9.17, 15) is 9.59 Å². The summed E-state index contributed by atoms with van der Waals surface area (Å²) in [6, 6.07) is 7.15. The lowest BCUT2D eigenvalue weighted by atomic mass is 10.1. The summed E-state index contributed by atoms with van der Waals surface area (Å²) in [7, 11) is 1.48. The Morgan fingerprint density at radius 2 is 1.86 bits per heavy atom. The quantitative estimate of drug-likeness (QED) is 0.790. The molecule has 28 heavy (non-hydrogen) atoms. The van der Waals surface area contributed by atoms with Crippen LogP contribution in [0.1, 0.15) is 18.4 Å². The zero-order valence-corrected chi connectivity index (χ0v) is 16.4. The van der Waals surface area contributed by atoms with Crippen molar-refractivity contribution in [1.29, 1.82) is 0 Å². The predicted octanol–water partition coefficient (Wildman–Crippen LogP) is 1.01. The Morgan fingerprint density at radius 1 is 1.18 bits per heavy atom. The molecule has 1 fully saturated rings. The number of aryl methyl sites for hydroxylation is 1. The number of rotatable bonds is 5. The second-order valence-corrected chi connectivity index (χ2v) is 6.93. The van der Waals surface area contributed by atoms with Gasteiger partial charge in [0, 0.05) is 38.8 Å². The molecule has 1 atom stereocenters. The van der Waals surface area contributed by atoms with Crippen molar-refractivity contribution in [2.75, 3.05) is 33.2 Å². The molecule has 1 aromatic carbocycles. The van der Waals surface area contributed by atoms with E-state index in [0.29, 0.717) is 18.3 Å². The number of amides is 3. The molecule has 0 saturated carbocycles. The Hall–Kier alpha value is -2.78. The first-order valence-corrected chi connectivity index (χ1v) is 9.35. The van der Waals surface area contributed by atoms with Crippen molar-refractivity contribution in [1.82, 2.24) is 30.6 Å². The standard InChI is InChI=1S/C19H26N6O3/c1-13-4-6-15(7-5-13)17-21-16(28-23-17)12-24-8-10-25(11-9-24)14(2)18(26)22-19(27)20-3/h4-7,14H,8-12H2,1-3H3,(H2,20,22,26,27). The van der Waals surface area contributed by atoms with Crippen LogP contribution in [0.5, 0.6) is 0 Å². The molecule has 3 amide bonds. The van der Waals surface area contributed by atoms with E-state index in [-0.39, 0.29) is 11.9 Å². The minimum atomic E-state index is -0.490. The number of imide groups is 1. The van der Waals surface area contributed by atoms with Gasteiger partial charge < -0.3 is 9.84 Å². The van der Waals surface area contributed by atoms with Gasteiger partial charge >= 0.3 is 6.03 Å². The SMILES string of the molecule is CNC(=O)NC(=O)C(C)N1CCN(Cc2nc(-c3ccc(C)cc3)no2)CC1. The van der Waals surface area contributed by atoms with Crippen LogP contribution in [0, 0.1) is 6.92 Å². The van der Waals surface area contributed by atoms with E-state index in [2.05, 4.69) is 30.6 Å². The number of piperazine rings is 1. The van der Waals surface area contributed by atoms with Crippen LogP contribution in [0.15, 0.2) is 28.8 Å². The molecule has 1 saturated heterocycles. The number of carbonyl (C=O) groups excluding carboxylic acids is 2. The number of hydrogen-bond donors (Lipinski definition) is 2. The largest absolute Gasteiger partial charge is 0.341 e. The molecule has 1 aromatic heterocycles. The number of benzene rings is 1. The van der Waals surface area contributed by atoms with Gasteiger partial charge in [0.2, 0.25) is 17.6 Å². The normalized spacial score (nSPS) is 16.5. The second kappa shape index (κ2) is 8.94. The van der Waals surface area contributed by atoms with E-state index in [4.69, 9.17) is 4.52 Å². The Labute approximate surface area is 164 Å². The van der Waals surface area contributed by atoms with Crippen molar-refractivity contribution >= 4 is 11.9 Å². The Balaban J connectivity index is 1.50. The van der Waals surface area contributed by atoms with E-state index in [1.54, 1.807) is 6.92 Å². The van der Waals surface area contributed by atoms with E-state index in [0.717, 1.165) is 31.7 Å². The van der Waals surface area contributed by atoms with Gasteiger partial charge in [0.25, 0.3) is 0 Å². The van der Waals surface area contributed by atoms with Crippen molar-refractivity contribution in [2.24, 2.45) is 0 Å². The van der Waals surface area contributed by atoms with Gasteiger partial charge in [0.1, 0.15) is 0 Å². The molecule has 0 bridgehead atoms. The summed E-state index contributed by atoms with van der Waals surface area (Å²) in [5.41, 5.74) is 2.12. The molecule has 9 heteroatoms. The first-order chi connectivity index (χ1) is 13.5. The zero-order chi connectivity index (χ0) is 20.1. The molecule has 0 radical (unpaired) electrons. The van der Waals surface area contributed by atoms with Crippen LogP contribution in [0.2, 0.25) is 0 Å². The molecule has 150 valence electrons. The Bertz CT molecular complexity index is 811. The zero-order valence-electron chi connectivity index (χ0n) is 16.4. The number of nitrogens with zero attached hydrogens (tertiary/aromatic N) is 4. The number of aromatic nitrogens is 2. The molecule has 3 rings (SSSR count). The molecule has 2 N–H and O–H groups in total. The summed E-state index contributed by atoms with van der Waals surface area (Å²) in [6.07, 6.45) is 0. The predicted molar refractivity (Wildman–Crippen MR) is 103 cm³/mol. The van der Waals surface area contributed by atoms with Gasteiger partial charge in [-0.05, 0) is 13.8 Å². The highest BCUT2D eigenvalue weighted by Crippen LogP contribution is 2.17. The van der Waals surface area contributed by atoms with E-state index >= 15 is 0 Å². The molecule has 0 spiro atoms. The molecule has 9 nitrogen and oxygen atoms in total. The van der Waals surface area contributed by atoms with Gasteiger partial charge in [-0.25, -0.2) is 4.79 Å². The van der Waals surface area contributed by atoms with Crippen molar-refractivity contribution in [3.63, 3.8) is 0 Å². The third-order valence-electron chi connectivity index (χ3n) is 4.93. The molecule has 2 heterocycles. The smallest absolute Gasteiger partial charge is 0.321 e. The third-order valence-corrected chi connectivity index (χ3v) is 4.93. The Kier molecular flexibility index (Phi) is 6.37. The van der Waals surface area contributed by atoms with Crippen LogP contribution in [-0.4, -0.2) is 71.1 Å². The fraction of sp³-hybridized carbons (Fsp3) is 0.474. The maximum Gasteiger partial charge on any atom is 0.321 e. The molecular formula is C19H26N6O3. The lowest BCUT2D eigenvalue weighted by Gasteiger charge is -2.36. The fourth-order valence-electron chi connectivity index (χ4n) is 3.08. The summed E-state index contributed by atoms with van der Waals surface area (Å²) in [6.45, 7) is 7.42. The van der Waals surface area contributed by atoms with Crippen molar-refractivity contribution < 1.29 is 14.1 Å². The number of nitrogens with one attached hydrogen (secondary N) is 2. The summed E-state index contributed by atoms with van der Waals surface area (Å²) in [5, 5.41) is 8.78. The maximum absolute atomic E-state index is 12.1. The molecule has 1 unspecified atom stereocenters. The van der Waals surface area contributed by atoms with Crippen molar-refractivity contribution in [2.45, 2.75) is 26.4 Å². The maximum atomic E-state index is 12.1. The first kappa shape index (κ1) is 20.0. The van der Waals surface area contributed by atoms with Crippen LogP contribution < -0.4 is 10.6 Å². The highest BCUT2D eigenvalue weighted by molar-refractivity contribution is 5.96. The third kappa shape index (κ3) is 4.93. The van der Waals surface area contributed by atoms with Crippen molar-refractivity contribution in [3.05, 3.63) is 35.7 Å². The summed E-state index contributed by atoms with van der Waals surface area (Å²) in [4.78, 5) is 32.1. The Morgan fingerprint density at radius 3 is 2.50 bits per heavy atom. The summed E-state index contributed by atoms with van der Waals surface area (Å²) >= 11 is 0. The van der Waals surface area contributed by atoms with Gasteiger partial charge in [0.05, 0.1) is 12.6 Å². The molecule has 1 aliphatic heterocycles. The fourth-order valence-corrected chi connectivity index (χ4v) is 3.08. The van der Waals surface area contributed by atoms with Crippen LogP contribution in [0.25, 0.3) is 11.4 Å². The van der Waals surface area contributed by atoms with Gasteiger partial charge in [-0.3, -0.25) is 19.9 Å². The van der Waals surface area contributed by atoms with Crippen LogP contribution in [0.3, 0.4) is 0 Å². The number of carbonyl (C=O) groups is 2. The van der Waals surface area contributed by atoms with Crippen LogP contribution in [0.4, 0.5) is 4.79 Å². The first-order valence-electron chi connectivity index (χ1n) is 9.35.